The van der Waals surface area contributed by atoms with Crippen molar-refractivity contribution in [3.05, 3.63) is 35.5 Å². The molecular formula is C19H22FN3O5. The molecule has 1 aliphatic rings. The minimum Gasteiger partial charge on any atom is -0.481 e. The first-order chi connectivity index (χ1) is 13.4. The van der Waals surface area contributed by atoms with Crippen LogP contribution in [0.5, 0.6) is 0 Å². The number of aliphatic carboxylic acids is 1. The number of benzene rings is 1. The number of carboxylic acids is 1. The maximum atomic E-state index is 13.4. The van der Waals surface area contributed by atoms with Gasteiger partial charge in [-0.05, 0) is 43.5 Å². The third kappa shape index (κ3) is 4.92. The standard InChI is InChI=1S/C19H22FN3O5/c1-12-10-13(2-3-14(12)20)18-21-16(28-23-18)5-4-15(24)22-19(11-17(25)26)6-8-27-9-7-19/h2-3,10H,4-9,11H2,1H3,(H,22,24)(H,25,26). The molecule has 2 heterocycles. The minimum absolute atomic E-state index is 0.0896. The van der Waals surface area contributed by atoms with E-state index in [1.165, 1.54) is 6.07 Å². The highest BCUT2D eigenvalue weighted by molar-refractivity contribution is 5.78. The molecule has 1 fully saturated rings. The summed E-state index contributed by atoms with van der Waals surface area (Å²) < 4.78 is 23.8. The smallest absolute Gasteiger partial charge is 0.305 e. The molecule has 1 aromatic heterocycles. The number of amides is 1. The number of nitrogens with one attached hydrogen (secondary N) is 1. The van der Waals surface area contributed by atoms with Crippen molar-refractivity contribution in [1.29, 1.82) is 0 Å². The average molecular weight is 391 g/mol. The summed E-state index contributed by atoms with van der Waals surface area (Å²) in [6.45, 7) is 2.47. The van der Waals surface area contributed by atoms with Gasteiger partial charge in [-0.1, -0.05) is 5.16 Å². The highest BCUT2D eigenvalue weighted by atomic mass is 19.1. The van der Waals surface area contributed by atoms with Gasteiger partial charge in [0.2, 0.25) is 17.6 Å². The normalized spacial score (nSPS) is 15.9. The van der Waals surface area contributed by atoms with E-state index in [-0.39, 0.29) is 36.9 Å². The van der Waals surface area contributed by atoms with Gasteiger partial charge in [-0.2, -0.15) is 4.98 Å². The van der Waals surface area contributed by atoms with Crippen LogP contribution in [0.3, 0.4) is 0 Å². The molecule has 3 rings (SSSR count). The number of nitrogens with zero attached hydrogens (tertiary/aromatic N) is 2. The highest BCUT2D eigenvalue weighted by Gasteiger charge is 2.36. The average Bonchev–Trinajstić information content (AvgIpc) is 3.11. The van der Waals surface area contributed by atoms with Crippen LogP contribution in [-0.2, 0) is 20.7 Å². The van der Waals surface area contributed by atoms with Gasteiger partial charge in [0.1, 0.15) is 5.82 Å². The quantitative estimate of drug-likeness (QED) is 0.744. The third-order valence-electron chi connectivity index (χ3n) is 4.79. The van der Waals surface area contributed by atoms with Gasteiger partial charge >= 0.3 is 5.97 Å². The Morgan fingerprint density at radius 1 is 1.32 bits per heavy atom. The van der Waals surface area contributed by atoms with Crippen molar-refractivity contribution < 1.29 is 28.3 Å². The second kappa shape index (κ2) is 8.47. The lowest BCUT2D eigenvalue weighted by Crippen LogP contribution is -2.53. The van der Waals surface area contributed by atoms with Gasteiger partial charge in [0.15, 0.2) is 0 Å². The largest absolute Gasteiger partial charge is 0.481 e. The first-order valence-electron chi connectivity index (χ1n) is 9.07. The summed E-state index contributed by atoms with van der Waals surface area (Å²) in [5, 5.41) is 15.9. The van der Waals surface area contributed by atoms with Crippen LogP contribution in [0, 0.1) is 12.7 Å². The molecule has 2 aromatic rings. The van der Waals surface area contributed by atoms with E-state index in [9.17, 15) is 14.0 Å². The number of carbonyl (C=O) groups excluding carboxylic acids is 1. The molecule has 1 aliphatic heterocycles. The number of aromatic nitrogens is 2. The minimum atomic E-state index is -0.960. The van der Waals surface area contributed by atoms with Gasteiger partial charge in [0.25, 0.3) is 0 Å². The van der Waals surface area contributed by atoms with Crippen LogP contribution in [0.25, 0.3) is 11.4 Å². The molecule has 0 radical (unpaired) electrons. The fraction of sp³-hybridized carbons (Fsp3) is 0.474. The Hall–Kier alpha value is -2.81. The van der Waals surface area contributed by atoms with E-state index in [4.69, 9.17) is 14.4 Å². The Kier molecular flexibility index (Phi) is 6.03. The molecule has 0 bridgehead atoms. The second-order valence-corrected chi connectivity index (χ2v) is 6.99. The Morgan fingerprint density at radius 2 is 2.07 bits per heavy atom. The van der Waals surface area contributed by atoms with E-state index >= 15 is 0 Å². The summed E-state index contributed by atoms with van der Waals surface area (Å²) in [6, 6.07) is 4.52. The molecule has 2 N–H and O–H groups in total. The lowest BCUT2D eigenvalue weighted by Gasteiger charge is -2.36. The van der Waals surface area contributed by atoms with Crippen molar-refractivity contribution in [1.82, 2.24) is 15.5 Å². The Morgan fingerprint density at radius 3 is 2.75 bits per heavy atom. The second-order valence-electron chi connectivity index (χ2n) is 6.99. The highest BCUT2D eigenvalue weighted by Crippen LogP contribution is 2.25. The van der Waals surface area contributed by atoms with Gasteiger partial charge < -0.3 is 19.7 Å². The predicted molar refractivity (Wildman–Crippen MR) is 95.9 cm³/mol. The summed E-state index contributed by atoms with van der Waals surface area (Å²) in [5.74, 6) is -0.942. The number of carboxylic acid groups (broad SMARTS) is 1. The molecule has 1 aromatic carbocycles. The molecule has 1 saturated heterocycles. The molecule has 0 saturated carbocycles. The fourth-order valence-corrected chi connectivity index (χ4v) is 3.23. The van der Waals surface area contributed by atoms with Crippen LogP contribution < -0.4 is 5.32 Å². The lowest BCUT2D eigenvalue weighted by atomic mass is 9.86. The number of rotatable bonds is 7. The molecule has 0 spiro atoms. The van der Waals surface area contributed by atoms with E-state index in [2.05, 4.69) is 15.5 Å². The maximum Gasteiger partial charge on any atom is 0.305 e. The topological polar surface area (TPSA) is 115 Å². The summed E-state index contributed by atoms with van der Waals surface area (Å²) in [4.78, 5) is 27.8. The number of halogens is 1. The van der Waals surface area contributed by atoms with Crippen LogP contribution in [0.1, 0.15) is 37.1 Å². The third-order valence-corrected chi connectivity index (χ3v) is 4.79. The summed E-state index contributed by atoms with van der Waals surface area (Å²) >= 11 is 0. The van der Waals surface area contributed by atoms with E-state index in [0.29, 0.717) is 43.0 Å². The van der Waals surface area contributed by atoms with Crippen LogP contribution >= 0.6 is 0 Å². The monoisotopic (exact) mass is 391 g/mol. The molecule has 8 nitrogen and oxygen atoms in total. The van der Waals surface area contributed by atoms with Crippen LogP contribution in [0.4, 0.5) is 4.39 Å². The molecule has 1 amide bonds. The number of hydrogen-bond acceptors (Lipinski definition) is 6. The van der Waals surface area contributed by atoms with Crippen LogP contribution in [0.2, 0.25) is 0 Å². The van der Waals surface area contributed by atoms with Crippen molar-refractivity contribution in [2.24, 2.45) is 0 Å². The maximum absolute atomic E-state index is 13.4. The zero-order valence-electron chi connectivity index (χ0n) is 15.5. The first kappa shape index (κ1) is 19.9. The SMILES string of the molecule is Cc1cc(-c2noc(CCC(=O)NC3(CC(=O)O)CCOCC3)n2)ccc1F. The van der Waals surface area contributed by atoms with Crippen molar-refractivity contribution in [2.45, 2.75) is 44.6 Å². The molecule has 9 heteroatoms. The molecule has 0 aliphatic carbocycles. The number of carbonyl (C=O) groups is 2. The molecule has 0 unspecified atom stereocenters. The number of hydrogen-bond donors (Lipinski definition) is 2. The zero-order chi connectivity index (χ0) is 20.1. The summed E-state index contributed by atoms with van der Waals surface area (Å²) in [7, 11) is 0. The van der Waals surface area contributed by atoms with Crippen molar-refractivity contribution in [3.63, 3.8) is 0 Å². The van der Waals surface area contributed by atoms with Crippen molar-refractivity contribution in [3.8, 4) is 11.4 Å². The van der Waals surface area contributed by atoms with Crippen LogP contribution in [0.15, 0.2) is 22.7 Å². The van der Waals surface area contributed by atoms with Gasteiger partial charge in [0.05, 0.1) is 12.0 Å². The van der Waals surface area contributed by atoms with Gasteiger partial charge in [-0.3, -0.25) is 9.59 Å². The summed E-state index contributed by atoms with van der Waals surface area (Å²) in [5.41, 5.74) is 0.316. The van der Waals surface area contributed by atoms with Gasteiger partial charge in [0, 0.05) is 31.6 Å². The van der Waals surface area contributed by atoms with Gasteiger partial charge in [-0.25, -0.2) is 4.39 Å². The first-order valence-corrected chi connectivity index (χ1v) is 9.07. The Bertz CT molecular complexity index is 861. The fourth-order valence-electron chi connectivity index (χ4n) is 3.23. The van der Waals surface area contributed by atoms with Gasteiger partial charge in [-0.15, -0.1) is 0 Å². The predicted octanol–water partition coefficient (Wildman–Crippen LogP) is 2.26. The lowest BCUT2D eigenvalue weighted by molar-refractivity contribution is -0.140. The van der Waals surface area contributed by atoms with Crippen molar-refractivity contribution >= 4 is 11.9 Å². The Balaban J connectivity index is 1.59. The van der Waals surface area contributed by atoms with Crippen LogP contribution in [-0.4, -0.2) is 45.9 Å². The molecule has 150 valence electrons. The molecule has 28 heavy (non-hydrogen) atoms. The van der Waals surface area contributed by atoms with Crippen molar-refractivity contribution in [2.75, 3.05) is 13.2 Å². The number of ether oxygens (including phenoxy) is 1. The van der Waals surface area contributed by atoms with E-state index in [1.807, 2.05) is 0 Å². The summed E-state index contributed by atoms with van der Waals surface area (Å²) in [6.07, 6.45) is 1.08. The van der Waals surface area contributed by atoms with E-state index < -0.39 is 11.5 Å². The van der Waals surface area contributed by atoms with E-state index in [1.54, 1.807) is 19.1 Å². The zero-order valence-corrected chi connectivity index (χ0v) is 15.5. The van der Waals surface area contributed by atoms with E-state index in [0.717, 1.165) is 0 Å². The molecule has 0 atom stereocenters. The Labute approximate surface area is 161 Å². The molecular weight excluding hydrogens is 369 g/mol. The number of aryl methyl sites for hydroxylation is 2.